The third-order valence-electron chi connectivity index (χ3n) is 3.13. The fraction of sp³-hybridized carbons (Fsp3) is 0.600. The Morgan fingerprint density at radius 3 is 2.03 bits per heavy atom. The molecular formula is C15H28N6O8S. The number of thiol groups is 1. The van der Waals surface area contributed by atoms with Gasteiger partial charge in [-0.15, -0.1) is 0 Å². The summed E-state index contributed by atoms with van der Waals surface area (Å²) in [5.41, 5.74) is 10.2. The highest BCUT2D eigenvalue weighted by Gasteiger charge is 2.20. The summed E-state index contributed by atoms with van der Waals surface area (Å²) in [5.74, 6) is -4.65. The molecule has 0 aliphatic heterocycles. The second-order valence-corrected chi connectivity index (χ2v) is 6.10. The van der Waals surface area contributed by atoms with E-state index in [4.69, 9.17) is 32.2 Å². The molecule has 0 saturated heterocycles. The number of carboxylic acids is 3. The first-order valence-corrected chi connectivity index (χ1v) is 9.21. The second-order valence-electron chi connectivity index (χ2n) is 5.74. The van der Waals surface area contributed by atoms with Crippen LogP contribution in [0.5, 0.6) is 0 Å². The molecular weight excluding hydrogens is 424 g/mol. The molecule has 0 heterocycles. The van der Waals surface area contributed by atoms with Crippen LogP contribution in [0, 0.1) is 5.41 Å². The van der Waals surface area contributed by atoms with Gasteiger partial charge >= 0.3 is 17.9 Å². The van der Waals surface area contributed by atoms with Gasteiger partial charge in [0, 0.05) is 25.1 Å². The van der Waals surface area contributed by atoms with Crippen molar-refractivity contribution in [2.45, 2.75) is 37.8 Å². The first-order valence-electron chi connectivity index (χ1n) is 8.58. The van der Waals surface area contributed by atoms with E-state index in [2.05, 4.69) is 28.6 Å². The molecule has 0 spiro atoms. The fourth-order valence-electron chi connectivity index (χ4n) is 1.62. The van der Waals surface area contributed by atoms with E-state index in [0.29, 0.717) is 13.0 Å². The number of aliphatic carboxylic acids is 3. The number of amides is 2. The van der Waals surface area contributed by atoms with Crippen molar-refractivity contribution in [3.8, 4) is 0 Å². The van der Waals surface area contributed by atoms with Crippen molar-refractivity contribution < 1.29 is 39.3 Å². The molecule has 172 valence electrons. The lowest BCUT2D eigenvalue weighted by Gasteiger charge is -2.16. The molecule has 11 N–H and O–H groups in total. The molecule has 0 aromatic heterocycles. The third kappa shape index (κ3) is 18.3. The number of carbonyl (C=O) groups excluding carboxylic acids is 2. The van der Waals surface area contributed by atoms with Gasteiger partial charge in [0.2, 0.25) is 11.8 Å². The molecule has 0 saturated carbocycles. The van der Waals surface area contributed by atoms with Crippen molar-refractivity contribution in [1.82, 2.24) is 16.0 Å². The zero-order valence-corrected chi connectivity index (χ0v) is 17.0. The van der Waals surface area contributed by atoms with Gasteiger partial charge in [0.1, 0.15) is 18.6 Å². The Morgan fingerprint density at radius 2 is 1.60 bits per heavy atom. The molecule has 0 fully saturated rings. The zero-order valence-electron chi connectivity index (χ0n) is 16.1. The van der Waals surface area contributed by atoms with Crippen LogP contribution in [0.3, 0.4) is 0 Å². The second kappa shape index (κ2) is 16.8. The molecule has 0 aliphatic carbocycles. The van der Waals surface area contributed by atoms with Crippen LogP contribution in [0.25, 0.3) is 0 Å². The Labute approximate surface area is 177 Å². The summed E-state index contributed by atoms with van der Waals surface area (Å²) in [6.45, 7) is -0.121. The van der Waals surface area contributed by atoms with Gasteiger partial charge < -0.3 is 42.7 Å². The molecule has 0 aromatic carbocycles. The Morgan fingerprint density at radius 1 is 1.00 bits per heavy atom. The average molecular weight is 452 g/mol. The largest absolute Gasteiger partial charge is 0.481 e. The minimum Gasteiger partial charge on any atom is -0.481 e. The Kier molecular flexibility index (Phi) is 16.4. The quantitative estimate of drug-likeness (QED) is 0.0587. The molecule has 2 atom stereocenters. The number of carboxylic acid groups (broad SMARTS) is 3. The maximum absolute atomic E-state index is 11.5. The maximum Gasteiger partial charge on any atom is 0.322 e. The molecule has 15 heteroatoms. The van der Waals surface area contributed by atoms with Crippen LogP contribution in [0.2, 0.25) is 0 Å². The van der Waals surface area contributed by atoms with Gasteiger partial charge in [-0.2, -0.15) is 12.6 Å². The SMILES string of the molecule is N=C(N)NCCCC(=O)O.N[C@@H](CCC(=O)N[C@@H](CS)C(=O)NCC(=O)O)C(=O)O. The standard InChI is InChI=1S/C10H17N3O6S.C5H11N3O2/c11-5(10(18)19)1-2-7(14)13-6(4-20)9(17)12-3-8(15)16;6-5(7)8-3-1-2-4(9)10/h5-6,20H,1-4,11H2,(H,12,17)(H,13,14)(H,15,16)(H,18,19);1-3H2,(H,9,10)(H4,6,7,8)/t5-,6-;/m0./s1. The average Bonchev–Trinajstić information content (AvgIpc) is 2.65. The smallest absolute Gasteiger partial charge is 0.322 e. The van der Waals surface area contributed by atoms with E-state index >= 15 is 0 Å². The van der Waals surface area contributed by atoms with E-state index in [9.17, 15) is 24.0 Å². The van der Waals surface area contributed by atoms with Crippen LogP contribution in [-0.2, 0) is 24.0 Å². The number of carbonyl (C=O) groups is 5. The van der Waals surface area contributed by atoms with Gasteiger partial charge in [-0.25, -0.2) is 0 Å². The highest BCUT2D eigenvalue weighted by molar-refractivity contribution is 7.80. The Hall–Kier alpha value is -3.07. The van der Waals surface area contributed by atoms with E-state index in [0.717, 1.165) is 0 Å². The van der Waals surface area contributed by atoms with Crippen molar-refractivity contribution >= 4 is 48.3 Å². The predicted octanol–water partition coefficient (Wildman–Crippen LogP) is -2.87. The molecule has 0 bridgehead atoms. The minimum atomic E-state index is -1.22. The molecule has 2 amide bonds. The third-order valence-corrected chi connectivity index (χ3v) is 3.50. The van der Waals surface area contributed by atoms with E-state index in [1.165, 1.54) is 0 Å². The monoisotopic (exact) mass is 452 g/mol. The summed E-state index contributed by atoms with van der Waals surface area (Å²) in [6.07, 6.45) is 0.371. The van der Waals surface area contributed by atoms with Crippen LogP contribution in [0.1, 0.15) is 25.7 Å². The van der Waals surface area contributed by atoms with Crippen molar-refractivity contribution in [3.63, 3.8) is 0 Å². The summed E-state index contributed by atoms with van der Waals surface area (Å²) in [6, 6.07) is -2.15. The minimum absolute atomic E-state index is 0.0256. The molecule has 0 aliphatic rings. The highest BCUT2D eigenvalue weighted by atomic mass is 32.1. The Bertz CT molecular complexity index is 602. The first-order chi connectivity index (χ1) is 13.9. The van der Waals surface area contributed by atoms with Crippen LogP contribution in [0.4, 0.5) is 0 Å². The Balaban J connectivity index is 0. The molecule has 0 radical (unpaired) electrons. The summed E-state index contributed by atoms with van der Waals surface area (Å²) in [5, 5.41) is 38.7. The highest BCUT2D eigenvalue weighted by Crippen LogP contribution is 1.97. The zero-order chi connectivity index (χ0) is 23.7. The lowest BCUT2D eigenvalue weighted by atomic mass is 10.1. The van der Waals surface area contributed by atoms with Crippen molar-refractivity contribution in [3.05, 3.63) is 0 Å². The number of guanidine groups is 1. The van der Waals surface area contributed by atoms with Crippen molar-refractivity contribution in [2.75, 3.05) is 18.8 Å². The summed E-state index contributed by atoms with van der Waals surface area (Å²) < 4.78 is 0. The number of hydrogen-bond donors (Lipinski definition) is 10. The first kappa shape index (κ1) is 29.1. The van der Waals surface area contributed by atoms with Gasteiger partial charge in [0.25, 0.3) is 0 Å². The van der Waals surface area contributed by atoms with Gasteiger partial charge in [-0.3, -0.25) is 29.4 Å². The van der Waals surface area contributed by atoms with Crippen LogP contribution in [-0.4, -0.2) is 81.9 Å². The normalized spacial score (nSPS) is 11.7. The van der Waals surface area contributed by atoms with E-state index in [1.54, 1.807) is 0 Å². The summed E-state index contributed by atoms with van der Waals surface area (Å²) in [7, 11) is 0. The summed E-state index contributed by atoms with van der Waals surface area (Å²) in [4.78, 5) is 53.7. The fourth-order valence-corrected chi connectivity index (χ4v) is 1.88. The van der Waals surface area contributed by atoms with Gasteiger partial charge in [0.05, 0.1) is 0 Å². The number of nitrogens with one attached hydrogen (secondary N) is 4. The molecule has 0 rings (SSSR count). The molecule has 0 unspecified atom stereocenters. The van der Waals surface area contributed by atoms with E-state index < -0.39 is 48.4 Å². The predicted molar refractivity (Wildman–Crippen MR) is 108 cm³/mol. The topological polar surface area (TPSA) is 258 Å². The van der Waals surface area contributed by atoms with Crippen LogP contribution >= 0.6 is 12.6 Å². The molecule has 0 aromatic rings. The van der Waals surface area contributed by atoms with Gasteiger partial charge in [-0.05, 0) is 12.8 Å². The lowest BCUT2D eigenvalue weighted by molar-refractivity contribution is -0.139. The van der Waals surface area contributed by atoms with Crippen molar-refractivity contribution in [2.24, 2.45) is 11.5 Å². The summed E-state index contributed by atoms with van der Waals surface area (Å²) >= 11 is 3.87. The van der Waals surface area contributed by atoms with Crippen LogP contribution < -0.4 is 27.4 Å². The molecule has 30 heavy (non-hydrogen) atoms. The lowest BCUT2D eigenvalue weighted by Crippen LogP contribution is -2.49. The van der Waals surface area contributed by atoms with Crippen molar-refractivity contribution in [1.29, 1.82) is 5.41 Å². The van der Waals surface area contributed by atoms with Crippen LogP contribution in [0.15, 0.2) is 0 Å². The number of hydrogen-bond acceptors (Lipinski definition) is 8. The molecule has 14 nitrogen and oxygen atoms in total. The van der Waals surface area contributed by atoms with E-state index in [-0.39, 0.29) is 31.0 Å². The van der Waals surface area contributed by atoms with Gasteiger partial charge in [0.15, 0.2) is 5.96 Å². The van der Waals surface area contributed by atoms with Gasteiger partial charge in [-0.1, -0.05) is 0 Å². The number of rotatable bonds is 13. The maximum atomic E-state index is 11.5. The number of nitrogens with two attached hydrogens (primary N) is 2. The van der Waals surface area contributed by atoms with E-state index in [1.807, 2.05) is 0 Å².